The van der Waals surface area contributed by atoms with E-state index >= 15 is 0 Å². The van der Waals surface area contributed by atoms with E-state index in [-0.39, 0.29) is 0 Å². The number of aliphatic hydroxyl groups is 1. The molecule has 98 valence electrons. The predicted octanol–water partition coefficient (Wildman–Crippen LogP) is 1.97. The van der Waals surface area contributed by atoms with Crippen LogP contribution in [-0.4, -0.2) is 32.5 Å². The lowest BCUT2D eigenvalue weighted by Gasteiger charge is -2.12. The standard InChI is InChI=1S/C13H14N4OS/c18-11(8-17-5-1-4-16-17)7-14-10-2-3-12-13(6-10)19-9-15-12/h1-6,9,11,14,18H,7-8H2. The van der Waals surface area contributed by atoms with Crippen molar-refractivity contribution in [3.8, 4) is 0 Å². The van der Waals surface area contributed by atoms with E-state index in [2.05, 4.69) is 15.4 Å². The van der Waals surface area contributed by atoms with Crippen LogP contribution in [0.15, 0.2) is 42.2 Å². The largest absolute Gasteiger partial charge is 0.389 e. The first kappa shape index (κ1) is 12.1. The molecule has 2 heterocycles. The normalized spacial score (nSPS) is 12.7. The van der Waals surface area contributed by atoms with Crippen molar-refractivity contribution < 1.29 is 5.11 Å². The van der Waals surface area contributed by atoms with Crippen molar-refractivity contribution in [2.45, 2.75) is 12.6 Å². The summed E-state index contributed by atoms with van der Waals surface area (Å²) in [5.74, 6) is 0. The molecule has 19 heavy (non-hydrogen) atoms. The zero-order valence-electron chi connectivity index (χ0n) is 10.2. The zero-order chi connectivity index (χ0) is 13.1. The van der Waals surface area contributed by atoms with Crippen molar-refractivity contribution in [2.24, 2.45) is 0 Å². The number of benzene rings is 1. The monoisotopic (exact) mass is 274 g/mol. The fraction of sp³-hybridized carbons (Fsp3) is 0.231. The van der Waals surface area contributed by atoms with Crippen LogP contribution in [0, 0.1) is 0 Å². The van der Waals surface area contributed by atoms with Crippen molar-refractivity contribution in [1.82, 2.24) is 14.8 Å². The number of fused-ring (bicyclic) bond motifs is 1. The number of anilines is 1. The average Bonchev–Trinajstić information content (AvgIpc) is 3.06. The molecule has 2 aromatic heterocycles. The number of aliphatic hydroxyl groups excluding tert-OH is 1. The third-order valence-corrected chi connectivity index (χ3v) is 3.62. The maximum Gasteiger partial charge on any atom is 0.0907 e. The fourth-order valence-electron chi connectivity index (χ4n) is 1.89. The Kier molecular flexibility index (Phi) is 3.43. The van der Waals surface area contributed by atoms with Crippen LogP contribution >= 0.6 is 11.3 Å². The van der Waals surface area contributed by atoms with Gasteiger partial charge in [-0.1, -0.05) is 0 Å². The highest BCUT2D eigenvalue weighted by Gasteiger charge is 2.05. The highest BCUT2D eigenvalue weighted by molar-refractivity contribution is 7.16. The first-order chi connectivity index (χ1) is 9.31. The van der Waals surface area contributed by atoms with Gasteiger partial charge in [-0.25, -0.2) is 4.98 Å². The summed E-state index contributed by atoms with van der Waals surface area (Å²) in [4.78, 5) is 4.23. The minimum Gasteiger partial charge on any atom is -0.389 e. The molecule has 6 heteroatoms. The summed E-state index contributed by atoms with van der Waals surface area (Å²) in [6, 6.07) is 7.85. The molecule has 0 fully saturated rings. The summed E-state index contributed by atoms with van der Waals surface area (Å²) in [6.45, 7) is 0.979. The highest BCUT2D eigenvalue weighted by Crippen LogP contribution is 2.21. The molecule has 1 atom stereocenters. The van der Waals surface area contributed by atoms with Crippen LogP contribution in [0.5, 0.6) is 0 Å². The molecule has 0 radical (unpaired) electrons. The maximum atomic E-state index is 9.92. The van der Waals surface area contributed by atoms with E-state index in [1.165, 1.54) is 0 Å². The summed E-state index contributed by atoms with van der Waals surface area (Å²) in [5.41, 5.74) is 3.84. The third kappa shape index (κ3) is 2.91. The summed E-state index contributed by atoms with van der Waals surface area (Å²) in [7, 11) is 0. The number of hydrogen-bond acceptors (Lipinski definition) is 5. The molecular formula is C13H14N4OS. The van der Waals surface area contributed by atoms with E-state index < -0.39 is 6.10 Å². The predicted molar refractivity (Wildman–Crippen MR) is 76.3 cm³/mol. The lowest BCUT2D eigenvalue weighted by atomic mass is 10.3. The van der Waals surface area contributed by atoms with Gasteiger partial charge in [0, 0.05) is 24.6 Å². The molecular weight excluding hydrogens is 260 g/mol. The van der Waals surface area contributed by atoms with Gasteiger partial charge in [0.2, 0.25) is 0 Å². The van der Waals surface area contributed by atoms with Gasteiger partial charge >= 0.3 is 0 Å². The first-order valence-corrected chi connectivity index (χ1v) is 6.92. The minimum atomic E-state index is -0.475. The summed E-state index contributed by atoms with van der Waals surface area (Å²) < 4.78 is 2.87. The molecule has 0 aliphatic heterocycles. The van der Waals surface area contributed by atoms with Gasteiger partial charge in [-0.05, 0) is 24.3 Å². The number of aromatic nitrogens is 3. The van der Waals surface area contributed by atoms with E-state index in [9.17, 15) is 5.11 Å². The molecule has 2 N–H and O–H groups in total. The smallest absolute Gasteiger partial charge is 0.0907 e. The van der Waals surface area contributed by atoms with Gasteiger partial charge in [0.1, 0.15) is 0 Å². The van der Waals surface area contributed by atoms with Crippen LogP contribution in [0.3, 0.4) is 0 Å². The van der Waals surface area contributed by atoms with Crippen LogP contribution < -0.4 is 5.32 Å². The molecule has 0 bridgehead atoms. The lowest BCUT2D eigenvalue weighted by molar-refractivity contribution is 0.161. The Morgan fingerprint density at radius 1 is 1.42 bits per heavy atom. The van der Waals surface area contributed by atoms with Gasteiger partial charge in [-0.2, -0.15) is 5.10 Å². The molecule has 3 aromatic rings. The second-order valence-corrected chi connectivity index (χ2v) is 5.18. The van der Waals surface area contributed by atoms with Crippen LogP contribution in [-0.2, 0) is 6.54 Å². The van der Waals surface area contributed by atoms with E-state index in [0.29, 0.717) is 13.1 Å². The van der Waals surface area contributed by atoms with Gasteiger partial charge in [-0.3, -0.25) is 4.68 Å². The lowest BCUT2D eigenvalue weighted by Crippen LogP contribution is -2.25. The van der Waals surface area contributed by atoms with E-state index in [0.717, 1.165) is 15.9 Å². The summed E-state index contributed by atoms with van der Waals surface area (Å²) in [5, 5.41) is 17.2. The Balaban J connectivity index is 1.59. The van der Waals surface area contributed by atoms with Gasteiger partial charge < -0.3 is 10.4 Å². The topological polar surface area (TPSA) is 63.0 Å². The van der Waals surface area contributed by atoms with Crippen molar-refractivity contribution in [1.29, 1.82) is 0 Å². The van der Waals surface area contributed by atoms with Gasteiger partial charge in [0.25, 0.3) is 0 Å². The van der Waals surface area contributed by atoms with Crippen LogP contribution in [0.2, 0.25) is 0 Å². The number of hydrogen-bond donors (Lipinski definition) is 2. The van der Waals surface area contributed by atoms with Crippen LogP contribution in [0.1, 0.15) is 0 Å². The van der Waals surface area contributed by atoms with Crippen LogP contribution in [0.25, 0.3) is 10.2 Å². The highest BCUT2D eigenvalue weighted by atomic mass is 32.1. The fourth-order valence-corrected chi connectivity index (χ4v) is 2.61. The Morgan fingerprint density at radius 3 is 3.21 bits per heavy atom. The Hall–Kier alpha value is -1.92. The molecule has 3 rings (SSSR count). The molecule has 0 saturated carbocycles. The average molecular weight is 274 g/mol. The molecule has 0 saturated heterocycles. The molecule has 5 nitrogen and oxygen atoms in total. The van der Waals surface area contributed by atoms with Crippen LogP contribution in [0.4, 0.5) is 5.69 Å². The Bertz CT molecular complexity index is 650. The second-order valence-electron chi connectivity index (χ2n) is 4.30. The van der Waals surface area contributed by atoms with Crippen molar-refractivity contribution in [3.63, 3.8) is 0 Å². The number of nitrogens with one attached hydrogen (secondary N) is 1. The molecule has 1 aromatic carbocycles. The van der Waals surface area contributed by atoms with Crippen molar-refractivity contribution in [3.05, 3.63) is 42.2 Å². The van der Waals surface area contributed by atoms with E-state index in [1.54, 1.807) is 22.2 Å². The SMILES string of the molecule is OC(CNc1ccc2ncsc2c1)Cn1cccn1. The third-order valence-electron chi connectivity index (χ3n) is 2.83. The number of thiazole rings is 1. The van der Waals surface area contributed by atoms with Gasteiger partial charge in [0.05, 0.1) is 28.4 Å². The van der Waals surface area contributed by atoms with Crippen molar-refractivity contribution in [2.75, 3.05) is 11.9 Å². The minimum absolute atomic E-state index is 0.475. The number of rotatable bonds is 5. The molecule has 1 unspecified atom stereocenters. The second kappa shape index (κ2) is 5.38. The van der Waals surface area contributed by atoms with Gasteiger partial charge in [0.15, 0.2) is 0 Å². The first-order valence-electron chi connectivity index (χ1n) is 6.04. The Morgan fingerprint density at radius 2 is 2.37 bits per heavy atom. The summed E-state index contributed by atoms with van der Waals surface area (Å²) in [6.07, 6.45) is 3.07. The molecule has 0 aliphatic rings. The van der Waals surface area contributed by atoms with E-state index in [4.69, 9.17) is 0 Å². The molecule has 0 spiro atoms. The number of nitrogens with zero attached hydrogens (tertiary/aromatic N) is 3. The van der Waals surface area contributed by atoms with Gasteiger partial charge in [-0.15, -0.1) is 11.3 Å². The molecule has 0 amide bonds. The zero-order valence-corrected chi connectivity index (χ0v) is 11.0. The summed E-state index contributed by atoms with van der Waals surface area (Å²) >= 11 is 1.61. The quantitative estimate of drug-likeness (QED) is 0.746. The maximum absolute atomic E-state index is 9.92. The van der Waals surface area contributed by atoms with E-state index in [1.807, 2.05) is 36.0 Å². The Labute approximate surface area is 114 Å². The molecule has 0 aliphatic carbocycles. The van der Waals surface area contributed by atoms with Crippen molar-refractivity contribution >= 4 is 27.2 Å².